The highest BCUT2D eigenvalue weighted by molar-refractivity contribution is 7.99. The molecule has 0 radical (unpaired) electrons. The number of pyridine rings is 1. The number of nitrogens with one attached hydrogen (secondary N) is 1. The molecule has 0 aliphatic heterocycles. The highest BCUT2D eigenvalue weighted by Crippen LogP contribution is 2.34. The van der Waals surface area contributed by atoms with Crippen LogP contribution in [0.25, 0.3) is 0 Å². The van der Waals surface area contributed by atoms with E-state index in [1.165, 1.54) is 30.1 Å². The maximum Gasteiger partial charge on any atom is 0.269 e. The van der Waals surface area contributed by atoms with E-state index in [9.17, 15) is 14.9 Å². The summed E-state index contributed by atoms with van der Waals surface area (Å²) in [6.07, 6.45) is 3.11. The third-order valence-corrected chi connectivity index (χ3v) is 4.42. The van der Waals surface area contributed by atoms with Crippen molar-refractivity contribution in [3.8, 4) is 0 Å². The third kappa shape index (κ3) is 4.21. The number of aromatic nitrogens is 1. The summed E-state index contributed by atoms with van der Waals surface area (Å²) in [6, 6.07) is 17.1. The van der Waals surface area contributed by atoms with Crippen LogP contribution in [0.15, 0.2) is 82.8 Å². The maximum atomic E-state index is 12.3. The van der Waals surface area contributed by atoms with E-state index < -0.39 is 4.92 Å². The van der Waals surface area contributed by atoms with Crippen LogP contribution in [0.5, 0.6) is 0 Å². The predicted octanol–water partition coefficient (Wildman–Crippen LogP) is 4.39. The van der Waals surface area contributed by atoms with Crippen LogP contribution >= 0.6 is 11.8 Å². The van der Waals surface area contributed by atoms with Gasteiger partial charge in [-0.2, -0.15) is 0 Å². The number of hydrogen-bond donors (Lipinski definition) is 1. The molecule has 1 amide bonds. The van der Waals surface area contributed by atoms with E-state index in [1.807, 2.05) is 24.3 Å². The number of anilines is 1. The van der Waals surface area contributed by atoms with Crippen LogP contribution in [0.3, 0.4) is 0 Å². The van der Waals surface area contributed by atoms with Crippen LogP contribution in [-0.2, 0) is 0 Å². The van der Waals surface area contributed by atoms with Gasteiger partial charge in [0, 0.05) is 34.3 Å². The van der Waals surface area contributed by atoms with Crippen molar-refractivity contribution in [1.82, 2.24) is 4.98 Å². The van der Waals surface area contributed by atoms with Crippen molar-refractivity contribution in [2.75, 3.05) is 5.32 Å². The van der Waals surface area contributed by atoms with Gasteiger partial charge in [-0.1, -0.05) is 23.9 Å². The molecule has 0 aliphatic rings. The Kier molecular flexibility index (Phi) is 5.06. The average Bonchev–Trinajstić information content (AvgIpc) is 2.64. The molecule has 0 aliphatic carbocycles. The molecule has 1 aromatic heterocycles. The van der Waals surface area contributed by atoms with Gasteiger partial charge in [0.05, 0.1) is 16.2 Å². The lowest BCUT2D eigenvalue weighted by Crippen LogP contribution is -2.12. The van der Waals surface area contributed by atoms with Crippen molar-refractivity contribution in [2.45, 2.75) is 9.79 Å². The number of carbonyl (C=O) groups excluding carboxylic acids is 1. The fourth-order valence-corrected chi connectivity index (χ4v) is 3.02. The first-order chi connectivity index (χ1) is 12.1. The molecule has 124 valence electrons. The predicted molar refractivity (Wildman–Crippen MR) is 95.9 cm³/mol. The lowest BCUT2D eigenvalue weighted by molar-refractivity contribution is -0.384. The second-order valence-electron chi connectivity index (χ2n) is 5.05. The van der Waals surface area contributed by atoms with Gasteiger partial charge in [-0.15, -0.1) is 0 Å². The summed E-state index contributed by atoms with van der Waals surface area (Å²) in [4.78, 5) is 28.2. The molecule has 7 heteroatoms. The SMILES string of the molecule is O=C(Nc1ccccc1Sc1ccc([N+](=O)[O-])cc1)c1cccnc1. The van der Waals surface area contributed by atoms with Crippen molar-refractivity contribution in [2.24, 2.45) is 0 Å². The Hall–Kier alpha value is -3.19. The maximum absolute atomic E-state index is 12.3. The second kappa shape index (κ2) is 7.59. The first-order valence-electron chi connectivity index (χ1n) is 7.36. The van der Waals surface area contributed by atoms with Crippen LogP contribution in [-0.4, -0.2) is 15.8 Å². The van der Waals surface area contributed by atoms with Gasteiger partial charge in [0.1, 0.15) is 0 Å². The van der Waals surface area contributed by atoms with Crippen LogP contribution in [0.1, 0.15) is 10.4 Å². The van der Waals surface area contributed by atoms with Crippen LogP contribution in [0, 0.1) is 10.1 Å². The second-order valence-corrected chi connectivity index (χ2v) is 6.16. The molecule has 2 aromatic carbocycles. The molecule has 3 aromatic rings. The quantitative estimate of drug-likeness (QED) is 0.544. The molecule has 0 bridgehead atoms. The Bertz CT molecular complexity index is 899. The number of nitrogens with zero attached hydrogens (tertiary/aromatic N) is 2. The van der Waals surface area contributed by atoms with Crippen LogP contribution < -0.4 is 5.32 Å². The van der Waals surface area contributed by atoms with Crippen LogP contribution in [0.2, 0.25) is 0 Å². The molecule has 1 N–H and O–H groups in total. The minimum atomic E-state index is -0.434. The number of benzene rings is 2. The van der Waals surface area contributed by atoms with Gasteiger partial charge >= 0.3 is 0 Å². The van der Waals surface area contributed by atoms with E-state index in [-0.39, 0.29) is 11.6 Å². The van der Waals surface area contributed by atoms with Crippen molar-refractivity contribution >= 4 is 29.0 Å². The molecule has 0 fully saturated rings. The molecule has 0 saturated carbocycles. The molecular weight excluding hydrogens is 338 g/mol. The van der Waals surface area contributed by atoms with Crippen molar-refractivity contribution < 1.29 is 9.72 Å². The summed E-state index contributed by atoms with van der Waals surface area (Å²) in [5.41, 5.74) is 1.18. The smallest absolute Gasteiger partial charge is 0.269 e. The zero-order valence-electron chi connectivity index (χ0n) is 13.0. The van der Waals surface area contributed by atoms with Gasteiger partial charge in [-0.3, -0.25) is 19.9 Å². The molecule has 1 heterocycles. The van der Waals surface area contributed by atoms with E-state index in [4.69, 9.17) is 0 Å². The van der Waals surface area contributed by atoms with E-state index in [0.29, 0.717) is 11.3 Å². The van der Waals surface area contributed by atoms with E-state index in [0.717, 1.165) is 9.79 Å². The highest BCUT2D eigenvalue weighted by Gasteiger charge is 2.11. The minimum absolute atomic E-state index is 0.0440. The largest absolute Gasteiger partial charge is 0.321 e. The van der Waals surface area contributed by atoms with Crippen LogP contribution in [0.4, 0.5) is 11.4 Å². The Morgan fingerprint density at radius 3 is 2.48 bits per heavy atom. The molecule has 0 saturated heterocycles. The highest BCUT2D eigenvalue weighted by atomic mass is 32.2. The van der Waals surface area contributed by atoms with Crippen molar-refractivity contribution in [3.05, 3.63) is 88.7 Å². The summed E-state index contributed by atoms with van der Waals surface area (Å²) in [7, 11) is 0. The summed E-state index contributed by atoms with van der Waals surface area (Å²) < 4.78 is 0. The zero-order chi connectivity index (χ0) is 17.6. The molecule has 0 unspecified atom stereocenters. The third-order valence-electron chi connectivity index (χ3n) is 3.33. The summed E-state index contributed by atoms with van der Waals surface area (Å²) in [6.45, 7) is 0. The number of nitro groups is 1. The number of rotatable bonds is 5. The van der Waals surface area contributed by atoms with Gasteiger partial charge in [-0.25, -0.2) is 0 Å². The number of amides is 1. The fourth-order valence-electron chi connectivity index (χ4n) is 2.11. The van der Waals surface area contributed by atoms with Gasteiger partial charge < -0.3 is 5.32 Å². The van der Waals surface area contributed by atoms with Crippen molar-refractivity contribution in [1.29, 1.82) is 0 Å². The van der Waals surface area contributed by atoms with E-state index >= 15 is 0 Å². The fraction of sp³-hybridized carbons (Fsp3) is 0. The molecule has 3 rings (SSSR count). The number of non-ortho nitro benzene ring substituents is 1. The summed E-state index contributed by atoms with van der Waals surface area (Å²) >= 11 is 1.42. The van der Waals surface area contributed by atoms with E-state index in [2.05, 4.69) is 10.3 Å². The molecular formula is C18H13N3O3S. The van der Waals surface area contributed by atoms with Gasteiger partial charge in [0.2, 0.25) is 0 Å². The lowest BCUT2D eigenvalue weighted by Gasteiger charge is -2.10. The minimum Gasteiger partial charge on any atom is -0.321 e. The topological polar surface area (TPSA) is 85.1 Å². The number of para-hydroxylation sites is 1. The lowest BCUT2D eigenvalue weighted by atomic mass is 10.2. The monoisotopic (exact) mass is 351 g/mol. The van der Waals surface area contributed by atoms with E-state index in [1.54, 1.807) is 30.5 Å². The first kappa shape index (κ1) is 16.7. The van der Waals surface area contributed by atoms with Gasteiger partial charge in [-0.05, 0) is 36.4 Å². The zero-order valence-corrected chi connectivity index (χ0v) is 13.8. The average molecular weight is 351 g/mol. The molecule has 6 nitrogen and oxygen atoms in total. The number of hydrogen-bond acceptors (Lipinski definition) is 5. The van der Waals surface area contributed by atoms with Gasteiger partial charge in [0.15, 0.2) is 0 Å². The van der Waals surface area contributed by atoms with Crippen molar-refractivity contribution in [3.63, 3.8) is 0 Å². The first-order valence-corrected chi connectivity index (χ1v) is 8.18. The Morgan fingerprint density at radius 1 is 1.04 bits per heavy atom. The normalized spacial score (nSPS) is 10.2. The number of carbonyl (C=O) groups is 1. The standard InChI is InChI=1S/C18H13N3O3S/c22-18(13-4-3-11-19-12-13)20-16-5-1-2-6-17(16)25-15-9-7-14(8-10-15)21(23)24/h1-12H,(H,20,22). The summed E-state index contributed by atoms with van der Waals surface area (Å²) in [5, 5.41) is 13.6. The Balaban J connectivity index is 1.79. The number of nitro benzene ring substituents is 1. The summed E-state index contributed by atoms with van der Waals surface area (Å²) in [5.74, 6) is -0.246. The van der Waals surface area contributed by atoms with Gasteiger partial charge in [0.25, 0.3) is 11.6 Å². The molecule has 25 heavy (non-hydrogen) atoms. The Morgan fingerprint density at radius 2 is 1.80 bits per heavy atom. The molecule has 0 atom stereocenters. The molecule has 0 spiro atoms. The Labute approximate surface area is 148 Å².